The highest BCUT2D eigenvalue weighted by molar-refractivity contribution is 7.12. The van der Waals surface area contributed by atoms with E-state index in [1.165, 1.54) is 23.5 Å². The zero-order valence-electron chi connectivity index (χ0n) is 15.1. The van der Waals surface area contributed by atoms with Crippen molar-refractivity contribution in [3.05, 3.63) is 63.1 Å². The van der Waals surface area contributed by atoms with Crippen molar-refractivity contribution in [3.8, 4) is 0 Å². The van der Waals surface area contributed by atoms with E-state index in [4.69, 9.17) is 22.7 Å². The lowest BCUT2D eigenvalue weighted by Crippen LogP contribution is -2.41. The maximum atomic E-state index is 13.0. The highest BCUT2D eigenvalue weighted by Crippen LogP contribution is 2.24. The largest absolute Gasteiger partial charge is 0.387 e. The van der Waals surface area contributed by atoms with Crippen LogP contribution in [-0.2, 0) is 6.42 Å². The van der Waals surface area contributed by atoms with E-state index in [-0.39, 0.29) is 29.5 Å². The second-order valence-electron chi connectivity index (χ2n) is 6.00. The standard InChI is InChI=1S/C19H22ClFN4OS/c1-11(18(20)23)17(24-2)13-8-16(27-10-13)19(26)25-15(9-22)7-12-3-5-14(21)6-4-12/h3-6,8,10,15,23-24H,7,9,22H2,1-2H3,(H,25,26)/b17-11-,23-18?/t15-/m0/s1. The van der Waals surface area contributed by atoms with Crippen molar-refractivity contribution in [2.75, 3.05) is 13.6 Å². The van der Waals surface area contributed by atoms with Gasteiger partial charge >= 0.3 is 0 Å². The fraction of sp³-hybridized carbons (Fsp3) is 0.263. The average molecular weight is 409 g/mol. The van der Waals surface area contributed by atoms with Crippen LogP contribution in [0.4, 0.5) is 4.39 Å². The molecule has 1 atom stereocenters. The highest BCUT2D eigenvalue weighted by Gasteiger charge is 2.17. The molecule has 0 aliphatic rings. The van der Waals surface area contributed by atoms with E-state index >= 15 is 0 Å². The third kappa shape index (κ3) is 5.63. The Morgan fingerprint density at radius 2 is 2.04 bits per heavy atom. The topological polar surface area (TPSA) is 91.0 Å². The van der Waals surface area contributed by atoms with Crippen LogP contribution in [0.1, 0.15) is 27.7 Å². The van der Waals surface area contributed by atoms with Gasteiger partial charge in [-0.1, -0.05) is 23.7 Å². The first-order chi connectivity index (χ1) is 12.8. The minimum Gasteiger partial charge on any atom is -0.387 e. The van der Waals surface area contributed by atoms with Gasteiger partial charge in [-0.2, -0.15) is 0 Å². The van der Waals surface area contributed by atoms with E-state index in [9.17, 15) is 9.18 Å². The smallest absolute Gasteiger partial charge is 0.261 e. The van der Waals surface area contributed by atoms with Crippen molar-refractivity contribution in [2.45, 2.75) is 19.4 Å². The molecule has 0 aliphatic carbocycles. The third-order valence-corrected chi connectivity index (χ3v) is 5.29. The molecule has 0 spiro atoms. The molecule has 27 heavy (non-hydrogen) atoms. The molecule has 0 saturated heterocycles. The number of thiophene rings is 1. The molecule has 5 nitrogen and oxygen atoms in total. The quantitative estimate of drug-likeness (QED) is 0.505. The second-order valence-corrected chi connectivity index (χ2v) is 7.29. The highest BCUT2D eigenvalue weighted by atomic mass is 35.5. The molecule has 1 amide bonds. The minimum absolute atomic E-state index is 0.0564. The Balaban J connectivity index is 2.11. The molecule has 0 fully saturated rings. The van der Waals surface area contributed by atoms with Gasteiger partial charge in [0.05, 0.1) is 4.88 Å². The van der Waals surface area contributed by atoms with Gasteiger partial charge in [0.1, 0.15) is 11.0 Å². The molecule has 1 aromatic carbocycles. The summed E-state index contributed by atoms with van der Waals surface area (Å²) in [4.78, 5) is 13.1. The minimum atomic E-state index is -0.299. The Bertz CT molecular complexity index is 848. The fourth-order valence-electron chi connectivity index (χ4n) is 2.60. The SMILES string of the molecule is CN/C(=C(/C)C(=N)Cl)c1csc(C(=O)N[C@H](CN)Cc2ccc(F)cc2)c1. The summed E-state index contributed by atoms with van der Waals surface area (Å²) in [7, 11) is 1.74. The van der Waals surface area contributed by atoms with E-state index in [0.717, 1.165) is 11.1 Å². The number of rotatable bonds is 8. The van der Waals surface area contributed by atoms with Gasteiger partial charge in [-0.15, -0.1) is 11.3 Å². The van der Waals surface area contributed by atoms with E-state index in [1.54, 1.807) is 32.2 Å². The first-order valence-corrected chi connectivity index (χ1v) is 9.58. The van der Waals surface area contributed by atoms with Crippen LogP contribution in [0.5, 0.6) is 0 Å². The summed E-state index contributed by atoms with van der Waals surface area (Å²) in [6.07, 6.45) is 0.519. The van der Waals surface area contributed by atoms with Gasteiger partial charge in [0.2, 0.25) is 0 Å². The second kappa shape index (κ2) is 9.64. The van der Waals surface area contributed by atoms with Crippen LogP contribution in [0.2, 0.25) is 0 Å². The number of halogens is 2. The Labute approximate surface area is 166 Å². The lowest BCUT2D eigenvalue weighted by Gasteiger charge is -2.16. The van der Waals surface area contributed by atoms with Gasteiger partial charge in [-0.25, -0.2) is 4.39 Å². The monoisotopic (exact) mass is 408 g/mol. The van der Waals surface area contributed by atoms with E-state index in [0.29, 0.717) is 22.6 Å². The van der Waals surface area contributed by atoms with Gasteiger partial charge in [-0.3, -0.25) is 10.2 Å². The predicted molar refractivity (Wildman–Crippen MR) is 110 cm³/mol. The lowest BCUT2D eigenvalue weighted by atomic mass is 10.1. The molecule has 0 radical (unpaired) electrons. The van der Waals surface area contributed by atoms with Crippen molar-refractivity contribution in [1.82, 2.24) is 10.6 Å². The fourth-order valence-corrected chi connectivity index (χ4v) is 3.49. The zero-order chi connectivity index (χ0) is 20.0. The number of nitrogens with one attached hydrogen (secondary N) is 3. The van der Waals surface area contributed by atoms with Gasteiger partial charge < -0.3 is 16.4 Å². The van der Waals surface area contributed by atoms with Gasteiger partial charge in [-0.05, 0) is 37.1 Å². The van der Waals surface area contributed by atoms with Crippen molar-refractivity contribution < 1.29 is 9.18 Å². The number of carbonyl (C=O) groups excluding carboxylic acids is 1. The Morgan fingerprint density at radius 1 is 1.37 bits per heavy atom. The van der Waals surface area contributed by atoms with Crippen LogP contribution < -0.4 is 16.4 Å². The molecular formula is C19H22ClFN4OS. The molecule has 0 bridgehead atoms. The maximum absolute atomic E-state index is 13.0. The number of benzene rings is 1. The molecule has 2 aromatic rings. The molecule has 8 heteroatoms. The first-order valence-electron chi connectivity index (χ1n) is 8.33. The van der Waals surface area contributed by atoms with Crippen LogP contribution in [0.25, 0.3) is 5.70 Å². The number of hydrogen-bond acceptors (Lipinski definition) is 5. The number of hydrogen-bond donors (Lipinski definition) is 4. The van der Waals surface area contributed by atoms with Gasteiger partial charge in [0.15, 0.2) is 0 Å². The molecular weight excluding hydrogens is 387 g/mol. The summed E-state index contributed by atoms with van der Waals surface area (Å²) in [5, 5.41) is 15.3. The molecule has 144 valence electrons. The van der Waals surface area contributed by atoms with Crippen molar-refractivity contribution in [1.29, 1.82) is 5.41 Å². The van der Waals surface area contributed by atoms with E-state index in [2.05, 4.69) is 10.6 Å². The van der Waals surface area contributed by atoms with Crippen LogP contribution in [0, 0.1) is 11.2 Å². The predicted octanol–water partition coefficient (Wildman–Crippen LogP) is 3.35. The molecule has 2 rings (SSSR count). The molecule has 5 N–H and O–H groups in total. The maximum Gasteiger partial charge on any atom is 0.261 e. The summed E-state index contributed by atoms with van der Waals surface area (Å²) in [6, 6.07) is 7.63. The lowest BCUT2D eigenvalue weighted by molar-refractivity contribution is 0.0942. The van der Waals surface area contributed by atoms with Crippen molar-refractivity contribution >= 4 is 39.7 Å². The third-order valence-electron chi connectivity index (χ3n) is 4.08. The van der Waals surface area contributed by atoms with Gasteiger partial charge in [0.25, 0.3) is 5.91 Å². The molecule has 1 aromatic heterocycles. The first kappa shape index (κ1) is 21.1. The Morgan fingerprint density at radius 3 is 2.59 bits per heavy atom. The van der Waals surface area contributed by atoms with Crippen molar-refractivity contribution in [2.24, 2.45) is 5.73 Å². The van der Waals surface area contributed by atoms with Gasteiger partial charge in [0, 0.05) is 41.8 Å². The molecule has 0 saturated carbocycles. The Hall–Kier alpha value is -2.22. The molecule has 0 unspecified atom stereocenters. The van der Waals surface area contributed by atoms with Crippen LogP contribution in [-0.4, -0.2) is 30.7 Å². The van der Waals surface area contributed by atoms with Crippen LogP contribution in [0.15, 0.2) is 41.3 Å². The van der Waals surface area contributed by atoms with E-state index in [1.807, 2.05) is 5.38 Å². The summed E-state index contributed by atoms with van der Waals surface area (Å²) < 4.78 is 13.0. The number of allylic oxidation sites excluding steroid dienone is 1. The van der Waals surface area contributed by atoms with Crippen molar-refractivity contribution in [3.63, 3.8) is 0 Å². The Kier molecular flexibility index (Phi) is 7.53. The summed E-state index contributed by atoms with van der Waals surface area (Å²) in [5.74, 6) is -0.523. The average Bonchev–Trinajstić information content (AvgIpc) is 3.13. The number of carbonyl (C=O) groups is 1. The number of amides is 1. The normalized spacial score (nSPS) is 12.9. The summed E-state index contributed by atoms with van der Waals surface area (Å²) in [5.41, 5.74) is 8.77. The number of nitrogens with two attached hydrogens (primary N) is 1. The van der Waals surface area contributed by atoms with E-state index < -0.39 is 0 Å². The van der Waals surface area contributed by atoms with Crippen LogP contribution in [0.3, 0.4) is 0 Å². The van der Waals surface area contributed by atoms with Crippen LogP contribution >= 0.6 is 22.9 Å². The molecule has 0 aliphatic heterocycles. The summed E-state index contributed by atoms with van der Waals surface area (Å²) >= 11 is 7.07. The zero-order valence-corrected chi connectivity index (χ0v) is 16.7. The molecule has 1 heterocycles. The summed E-state index contributed by atoms with van der Waals surface area (Å²) in [6.45, 7) is 2.01.